The van der Waals surface area contributed by atoms with E-state index in [2.05, 4.69) is 0 Å². The van der Waals surface area contributed by atoms with E-state index in [1.165, 1.54) is 6.08 Å². The van der Waals surface area contributed by atoms with Crippen LogP contribution in [0.4, 0.5) is 0 Å². The molecule has 0 fully saturated rings. The van der Waals surface area contributed by atoms with Crippen LogP contribution in [0.3, 0.4) is 0 Å². The minimum Gasteiger partial charge on any atom is -0.497 e. The fourth-order valence-corrected chi connectivity index (χ4v) is 4.04. The van der Waals surface area contributed by atoms with E-state index in [0.717, 1.165) is 11.1 Å². The van der Waals surface area contributed by atoms with E-state index in [9.17, 15) is 9.59 Å². The lowest BCUT2D eigenvalue weighted by Crippen LogP contribution is -2.34. The Hall–Kier alpha value is -3.48. The molecule has 0 aromatic heterocycles. The molecule has 2 aromatic rings. The fourth-order valence-electron chi connectivity index (χ4n) is 4.04. The van der Waals surface area contributed by atoms with Gasteiger partial charge >= 0.3 is 5.97 Å². The van der Waals surface area contributed by atoms with Gasteiger partial charge in [0.05, 0.1) is 35.0 Å². The Labute approximate surface area is 187 Å². The van der Waals surface area contributed by atoms with Crippen LogP contribution in [0.15, 0.2) is 42.5 Å². The third kappa shape index (κ3) is 4.56. The number of allylic oxidation sites excluding steroid dienone is 2. The highest BCUT2D eigenvalue weighted by molar-refractivity contribution is 6.10. The molecule has 1 aliphatic carbocycles. The van der Waals surface area contributed by atoms with E-state index in [0.29, 0.717) is 35.0 Å². The second-order valence-electron chi connectivity index (χ2n) is 7.29. The average Bonchev–Trinajstić information content (AvgIpc) is 2.82. The number of esters is 1. The van der Waals surface area contributed by atoms with Crippen molar-refractivity contribution in [2.75, 3.05) is 35.0 Å². The highest BCUT2D eigenvalue weighted by Crippen LogP contribution is 2.45. The SMILES string of the molecule is CCOC(=O)[C@H]1C(=O)C=C(c2ccc(OC)c(OC)c2)C[C@@H]1c1cc(OC)ccc1OC. The summed E-state index contributed by atoms with van der Waals surface area (Å²) in [6.07, 6.45) is 1.94. The topological polar surface area (TPSA) is 80.3 Å². The Morgan fingerprint density at radius 1 is 0.906 bits per heavy atom. The van der Waals surface area contributed by atoms with Gasteiger partial charge in [0.2, 0.25) is 0 Å². The Morgan fingerprint density at radius 2 is 1.59 bits per heavy atom. The third-order valence-corrected chi connectivity index (χ3v) is 5.60. The van der Waals surface area contributed by atoms with Gasteiger partial charge in [0.15, 0.2) is 17.3 Å². The predicted octanol–water partition coefficient (Wildman–Crippen LogP) is 4.04. The molecule has 0 spiro atoms. The molecule has 0 amide bonds. The molecular weight excluding hydrogens is 412 g/mol. The summed E-state index contributed by atoms with van der Waals surface area (Å²) >= 11 is 0. The van der Waals surface area contributed by atoms with Gasteiger partial charge in [-0.15, -0.1) is 0 Å². The fraction of sp³-hybridized carbons (Fsp3) is 0.360. The molecule has 1 aliphatic rings. The smallest absolute Gasteiger partial charge is 0.317 e. The summed E-state index contributed by atoms with van der Waals surface area (Å²) in [5.74, 6) is 0.0178. The van der Waals surface area contributed by atoms with Gasteiger partial charge in [-0.3, -0.25) is 9.59 Å². The molecular formula is C25H28O7. The van der Waals surface area contributed by atoms with Crippen molar-refractivity contribution in [1.29, 1.82) is 0 Å². The zero-order chi connectivity index (χ0) is 23.3. The summed E-state index contributed by atoms with van der Waals surface area (Å²) in [7, 11) is 6.24. The first kappa shape index (κ1) is 23.2. The molecule has 0 heterocycles. The lowest BCUT2D eigenvalue weighted by molar-refractivity contribution is -0.151. The predicted molar refractivity (Wildman–Crippen MR) is 120 cm³/mol. The standard InChI is InChI=1S/C25H28O7/c1-6-32-25(27)24-19(18-14-17(28-2)8-10-21(18)29-3)11-16(12-20(24)26)15-7-9-22(30-4)23(13-15)31-5/h7-10,12-14,19,24H,6,11H2,1-5H3/t19-,24-/m1/s1. The molecule has 170 valence electrons. The first-order valence-electron chi connectivity index (χ1n) is 10.3. The van der Waals surface area contributed by atoms with Crippen molar-refractivity contribution < 1.29 is 33.3 Å². The lowest BCUT2D eigenvalue weighted by atomic mass is 9.73. The van der Waals surface area contributed by atoms with Crippen LogP contribution in [0.5, 0.6) is 23.0 Å². The van der Waals surface area contributed by atoms with Crippen LogP contribution in [0.1, 0.15) is 30.4 Å². The molecule has 0 bridgehead atoms. The van der Waals surface area contributed by atoms with Gasteiger partial charge in [0.1, 0.15) is 17.4 Å². The van der Waals surface area contributed by atoms with Crippen LogP contribution in [0, 0.1) is 5.92 Å². The largest absolute Gasteiger partial charge is 0.497 e. The monoisotopic (exact) mass is 440 g/mol. The lowest BCUT2D eigenvalue weighted by Gasteiger charge is -2.30. The molecule has 2 aromatic carbocycles. The number of carbonyl (C=O) groups excluding carboxylic acids is 2. The van der Waals surface area contributed by atoms with Crippen LogP contribution in [-0.2, 0) is 14.3 Å². The minimum absolute atomic E-state index is 0.191. The van der Waals surface area contributed by atoms with Gasteiger partial charge in [0.25, 0.3) is 0 Å². The zero-order valence-corrected chi connectivity index (χ0v) is 19.0. The molecule has 3 rings (SSSR count). The second kappa shape index (κ2) is 10.2. The number of ether oxygens (including phenoxy) is 5. The van der Waals surface area contributed by atoms with Crippen molar-refractivity contribution in [3.8, 4) is 23.0 Å². The van der Waals surface area contributed by atoms with E-state index < -0.39 is 17.8 Å². The molecule has 0 aliphatic heterocycles. The third-order valence-electron chi connectivity index (χ3n) is 5.60. The molecule has 0 N–H and O–H groups in total. The Kier molecular flexibility index (Phi) is 7.41. The van der Waals surface area contributed by atoms with Crippen LogP contribution >= 0.6 is 0 Å². The van der Waals surface area contributed by atoms with Gasteiger partial charge in [-0.05, 0) is 60.9 Å². The first-order valence-corrected chi connectivity index (χ1v) is 10.3. The minimum atomic E-state index is -0.972. The number of hydrogen-bond donors (Lipinski definition) is 0. The van der Waals surface area contributed by atoms with E-state index >= 15 is 0 Å². The molecule has 0 saturated heterocycles. The zero-order valence-electron chi connectivity index (χ0n) is 19.0. The van der Waals surface area contributed by atoms with Crippen molar-refractivity contribution >= 4 is 17.3 Å². The molecule has 0 unspecified atom stereocenters. The molecule has 0 saturated carbocycles. The molecule has 7 nitrogen and oxygen atoms in total. The van der Waals surface area contributed by atoms with Crippen LogP contribution in [-0.4, -0.2) is 46.8 Å². The maximum absolute atomic E-state index is 13.2. The average molecular weight is 440 g/mol. The highest BCUT2D eigenvalue weighted by atomic mass is 16.5. The molecule has 2 atom stereocenters. The summed E-state index contributed by atoms with van der Waals surface area (Å²) in [5, 5.41) is 0. The van der Waals surface area contributed by atoms with Crippen molar-refractivity contribution in [2.45, 2.75) is 19.3 Å². The summed E-state index contributed by atoms with van der Waals surface area (Å²) in [6, 6.07) is 10.8. The summed E-state index contributed by atoms with van der Waals surface area (Å²) in [4.78, 5) is 26.0. The summed E-state index contributed by atoms with van der Waals surface area (Å²) in [6.45, 7) is 1.91. The van der Waals surface area contributed by atoms with Gasteiger partial charge in [-0.1, -0.05) is 6.07 Å². The number of rotatable bonds is 8. The summed E-state index contributed by atoms with van der Waals surface area (Å²) < 4.78 is 26.9. The second-order valence-corrected chi connectivity index (χ2v) is 7.29. The number of carbonyl (C=O) groups is 2. The number of ketones is 1. The maximum Gasteiger partial charge on any atom is 0.317 e. The van der Waals surface area contributed by atoms with Crippen LogP contribution in [0.2, 0.25) is 0 Å². The quantitative estimate of drug-likeness (QED) is 0.453. The van der Waals surface area contributed by atoms with Gasteiger partial charge in [-0.2, -0.15) is 0 Å². The normalized spacial score (nSPS) is 17.9. The molecule has 7 heteroatoms. The summed E-state index contributed by atoms with van der Waals surface area (Å²) in [5.41, 5.74) is 2.31. The van der Waals surface area contributed by atoms with Crippen molar-refractivity contribution in [3.05, 3.63) is 53.6 Å². The molecule has 32 heavy (non-hydrogen) atoms. The first-order chi connectivity index (χ1) is 15.5. The van der Waals surface area contributed by atoms with E-state index in [1.807, 2.05) is 12.1 Å². The number of hydrogen-bond acceptors (Lipinski definition) is 7. The van der Waals surface area contributed by atoms with E-state index in [-0.39, 0.29) is 12.4 Å². The van der Waals surface area contributed by atoms with E-state index in [4.69, 9.17) is 23.7 Å². The van der Waals surface area contributed by atoms with Crippen LogP contribution in [0.25, 0.3) is 5.57 Å². The Bertz CT molecular complexity index is 1020. The van der Waals surface area contributed by atoms with Crippen LogP contribution < -0.4 is 18.9 Å². The van der Waals surface area contributed by atoms with Crippen molar-refractivity contribution in [2.24, 2.45) is 5.92 Å². The van der Waals surface area contributed by atoms with Gasteiger partial charge in [0, 0.05) is 11.5 Å². The molecule has 0 radical (unpaired) electrons. The number of benzene rings is 2. The highest BCUT2D eigenvalue weighted by Gasteiger charge is 2.41. The van der Waals surface area contributed by atoms with Crippen molar-refractivity contribution in [3.63, 3.8) is 0 Å². The Morgan fingerprint density at radius 3 is 2.22 bits per heavy atom. The maximum atomic E-state index is 13.2. The number of methoxy groups -OCH3 is 4. The van der Waals surface area contributed by atoms with Crippen molar-refractivity contribution in [1.82, 2.24) is 0 Å². The van der Waals surface area contributed by atoms with E-state index in [1.54, 1.807) is 59.6 Å². The van der Waals surface area contributed by atoms with Gasteiger partial charge in [-0.25, -0.2) is 0 Å². The van der Waals surface area contributed by atoms with Gasteiger partial charge < -0.3 is 23.7 Å². The Balaban J connectivity index is 2.12.